The summed E-state index contributed by atoms with van der Waals surface area (Å²) in [5, 5.41) is 7.58. The van der Waals surface area contributed by atoms with E-state index in [4.69, 9.17) is 0 Å². The van der Waals surface area contributed by atoms with Crippen molar-refractivity contribution in [3.63, 3.8) is 0 Å². The van der Waals surface area contributed by atoms with Gasteiger partial charge < -0.3 is 9.13 Å². The van der Waals surface area contributed by atoms with Gasteiger partial charge in [-0.3, -0.25) is 0 Å². The summed E-state index contributed by atoms with van der Waals surface area (Å²) in [6.45, 7) is 4.70. The van der Waals surface area contributed by atoms with E-state index < -0.39 is 7.14 Å². The summed E-state index contributed by atoms with van der Waals surface area (Å²) in [5.41, 5.74) is 15.6. The molecule has 0 saturated carbocycles. The fraction of sp³-hybridized carbons (Fsp3) is 0.0545. The van der Waals surface area contributed by atoms with Gasteiger partial charge in [0.1, 0.15) is 0 Å². The van der Waals surface area contributed by atoms with Crippen LogP contribution in [-0.4, -0.2) is 4.57 Å². The lowest BCUT2D eigenvalue weighted by Gasteiger charge is -2.21. The van der Waals surface area contributed by atoms with Gasteiger partial charge in [-0.15, -0.1) is 0 Å². The third-order valence-electron chi connectivity index (χ3n) is 13.0. The van der Waals surface area contributed by atoms with Crippen molar-refractivity contribution >= 4 is 55.6 Å². The third kappa shape index (κ3) is 4.58. The van der Waals surface area contributed by atoms with Gasteiger partial charge in [-0.05, 0) is 103 Å². The van der Waals surface area contributed by atoms with Crippen LogP contribution in [0.25, 0.3) is 82.8 Å². The van der Waals surface area contributed by atoms with Crippen LogP contribution in [0.1, 0.15) is 25.0 Å². The first-order valence-electron chi connectivity index (χ1n) is 20.1. The molecule has 0 spiro atoms. The van der Waals surface area contributed by atoms with Crippen molar-refractivity contribution < 1.29 is 4.57 Å². The summed E-state index contributed by atoms with van der Waals surface area (Å²) in [6, 6.07) is 69.8. The van der Waals surface area contributed by atoms with Crippen molar-refractivity contribution in [3.8, 4) is 50.2 Å². The fourth-order valence-corrected chi connectivity index (χ4v) is 13.2. The molecule has 0 N–H and O–H groups in total. The second kappa shape index (κ2) is 12.1. The number of aromatic nitrogens is 1. The predicted molar refractivity (Wildman–Crippen MR) is 245 cm³/mol. The molecule has 0 bridgehead atoms. The predicted octanol–water partition coefficient (Wildman–Crippen LogP) is 13.2. The molecule has 0 amide bonds. The number of hydrogen-bond acceptors (Lipinski definition) is 1. The van der Waals surface area contributed by atoms with Crippen LogP contribution in [-0.2, 0) is 9.98 Å². The van der Waals surface area contributed by atoms with E-state index >= 15 is 4.57 Å². The highest BCUT2D eigenvalue weighted by Crippen LogP contribution is 2.55. The molecule has 10 aromatic rings. The van der Waals surface area contributed by atoms with E-state index in [1.165, 1.54) is 60.7 Å². The van der Waals surface area contributed by atoms with Crippen molar-refractivity contribution in [2.24, 2.45) is 0 Å². The lowest BCUT2D eigenvalue weighted by Crippen LogP contribution is -2.20. The smallest absolute Gasteiger partial charge is 0.172 e. The van der Waals surface area contributed by atoms with E-state index in [1.54, 1.807) is 0 Å². The summed E-state index contributed by atoms with van der Waals surface area (Å²) in [7, 11) is -3.09. The van der Waals surface area contributed by atoms with Crippen molar-refractivity contribution in [1.82, 2.24) is 4.57 Å². The minimum atomic E-state index is -3.09. The van der Waals surface area contributed by atoms with Crippen molar-refractivity contribution in [2.45, 2.75) is 19.3 Å². The largest absolute Gasteiger partial charge is 0.309 e. The number of rotatable bonds is 4. The van der Waals surface area contributed by atoms with Crippen LogP contribution in [0.3, 0.4) is 0 Å². The molecule has 1 atom stereocenters. The maximum Gasteiger partial charge on any atom is 0.172 e. The minimum Gasteiger partial charge on any atom is -0.309 e. The molecule has 0 radical (unpaired) electrons. The molecule has 1 aromatic heterocycles. The first-order valence-corrected chi connectivity index (χ1v) is 21.8. The van der Waals surface area contributed by atoms with Crippen LogP contribution < -0.4 is 15.9 Å². The Morgan fingerprint density at radius 2 is 1.05 bits per heavy atom. The van der Waals surface area contributed by atoms with Gasteiger partial charge in [0.2, 0.25) is 0 Å². The van der Waals surface area contributed by atoms with Crippen molar-refractivity contribution in [3.05, 3.63) is 205 Å². The van der Waals surface area contributed by atoms with Gasteiger partial charge >= 0.3 is 0 Å². The molecular weight excluding hydrogens is 722 g/mol. The fourth-order valence-electron chi connectivity index (χ4n) is 10.1. The lowest BCUT2D eigenvalue weighted by molar-refractivity contribution is 0.593. The highest BCUT2D eigenvalue weighted by molar-refractivity contribution is 7.86. The molecule has 2 heterocycles. The Morgan fingerprint density at radius 3 is 1.83 bits per heavy atom. The summed E-state index contributed by atoms with van der Waals surface area (Å²) in [4.78, 5) is 0. The highest BCUT2D eigenvalue weighted by atomic mass is 31.2. The molecule has 1 unspecified atom stereocenters. The highest BCUT2D eigenvalue weighted by Gasteiger charge is 2.42. The van der Waals surface area contributed by atoms with Crippen LogP contribution >= 0.6 is 7.14 Å². The molecule has 3 heteroatoms. The van der Waals surface area contributed by atoms with Gasteiger partial charge in [-0.1, -0.05) is 166 Å². The first-order chi connectivity index (χ1) is 28.4. The molecule has 12 rings (SSSR count). The van der Waals surface area contributed by atoms with Gasteiger partial charge in [-0.25, -0.2) is 0 Å². The maximum atomic E-state index is 15.5. The Morgan fingerprint density at radius 1 is 0.448 bits per heavy atom. The standard InChI is InChI=1S/C55H38NOP/c1-55(2)48-29-24-39(33-46(48)47-34-40(25-30-49(47)55)38-21-20-35-12-6-7-13-37(35)32-38)36-22-26-41(27-23-36)56-50-18-10-8-16-43(50)44-28-31-52-53(54(44)56)45-17-9-11-19-51(45)58(52,57)42-14-4-3-5-15-42/h3-34H,1-2H3. The molecule has 9 aromatic carbocycles. The Bertz CT molecular complexity index is 3390. The first kappa shape index (κ1) is 33.4. The molecule has 2 nitrogen and oxygen atoms in total. The average Bonchev–Trinajstić information content (AvgIpc) is 3.84. The van der Waals surface area contributed by atoms with Gasteiger partial charge in [0.05, 0.1) is 11.0 Å². The molecule has 274 valence electrons. The number of benzene rings is 9. The summed E-state index contributed by atoms with van der Waals surface area (Å²) >= 11 is 0. The molecule has 1 aliphatic heterocycles. The molecule has 1 aliphatic carbocycles. The lowest BCUT2D eigenvalue weighted by atomic mass is 9.82. The van der Waals surface area contributed by atoms with E-state index in [2.05, 4.69) is 176 Å². The quantitative estimate of drug-likeness (QED) is 0.164. The van der Waals surface area contributed by atoms with Crippen LogP contribution in [0.5, 0.6) is 0 Å². The maximum absolute atomic E-state index is 15.5. The van der Waals surface area contributed by atoms with Crippen molar-refractivity contribution in [2.75, 3.05) is 0 Å². The molecule has 0 saturated heterocycles. The molecule has 0 fully saturated rings. The minimum absolute atomic E-state index is 0.0884. The van der Waals surface area contributed by atoms with Crippen LogP contribution in [0.2, 0.25) is 0 Å². The van der Waals surface area contributed by atoms with E-state index in [1.807, 2.05) is 36.4 Å². The van der Waals surface area contributed by atoms with Gasteiger partial charge in [-0.2, -0.15) is 0 Å². The third-order valence-corrected chi connectivity index (χ3v) is 16.1. The molecule has 58 heavy (non-hydrogen) atoms. The topological polar surface area (TPSA) is 22.0 Å². The van der Waals surface area contributed by atoms with Crippen LogP contribution in [0.15, 0.2) is 194 Å². The van der Waals surface area contributed by atoms with Crippen LogP contribution in [0, 0.1) is 0 Å². The number of nitrogens with zero attached hydrogens (tertiary/aromatic N) is 1. The Kier molecular flexibility index (Phi) is 6.99. The van der Waals surface area contributed by atoms with E-state index in [0.29, 0.717) is 0 Å². The average molecular weight is 760 g/mol. The number of hydrogen-bond donors (Lipinski definition) is 0. The zero-order chi connectivity index (χ0) is 38.8. The molecule has 2 aliphatic rings. The number of fused-ring (bicyclic) bond motifs is 11. The van der Waals surface area contributed by atoms with Gasteiger partial charge in [0, 0.05) is 43.4 Å². The van der Waals surface area contributed by atoms with E-state index in [-0.39, 0.29) is 5.41 Å². The Labute approximate surface area is 338 Å². The second-order valence-corrected chi connectivity index (χ2v) is 19.1. The van der Waals surface area contributed by atoms with E-state index in [0.717, 1.165) is 49.1 Å². The SMILES string of the molecule is CC1(C)c2ccc(-c3ccc(-n4c5ccccc5c5ccc6c(c54)-c4ccccc4P6(=O)c4ccccc4)cc3)cc2-c2cc(-c3ccc4ccccc4c3)ccc21. The Balaban J connectivity index is 0.993. The Hall–Kier alpha value is -6.73. The van der Waals surface area contributed by atoms with E-state index in [9.17, 15) is 0 Å². The monoisotopic (exact) mass is 759 g/mol. The van der Waals surface area contributed by atoms with Gasteiger partial charge in [0.15, 0.2) is 7.14 Å². The zero-order valence-electron chi connectivity index (χ0n) is 32.3. The normalized spacial score (nSPS) is 16.0. The molecular formula is C55H38NOP. The summed E-state index contributed by atoms with van der Waals surface area (Å²) in [5.74, 6) is 0. The van der Waals surface area contributed by atoms with Crippen LogP contribution in [0.4, 0.5) is 0 Å². The van der Waals surface area contributed by atoms with Crippen molar-refractivity contribution in [1.29, 1.82) is 0 Å². The summed E-state index contributed by atoms with van der Waals surface area (Å²) < 4.78 is 17.9. The second-order valence-electron chi connectivity index (χ2n) is 16.4. The number of para-hydroxylation sites is 1. The zero-order valence-corrected chi connectivity index (χ0v) is 33.2. The van der Waals surface area contributed by atoms with Gasteiger partial charge in [0.25, 0.3) is 0 Å². The summed E-state index contributed by atoms with van der Waals surface area (Å²) in [6.07, 6.45) is 0.